The molecule has 104 valence electrons. The normalized spacial score (nSPS) is 17.4. The summed E-state index contributed by atoms with van der Waals surface area (Å²) in [5, 5.41) is 3.40. The minimum absolute atomic E-state index is 0.228. The molecule has 0 unspecified atom stereocenters. The predicted molar refractivity (Wildman–Crippen MR) is 85.5 cm³/mol. The van der Waals surface area contributed by atoms with Crippen LogP contribution in [0.2, 0.25) is 0 Å². The first kappa shape index (κ1) is 14.6. The third-order valence-electron chi connectivity index (χ3n) is 3.80. The van der Waals surface area contributed by atoms with E-state index in [1.54, 1.807) is 6.07 Å². The number of thiocarbonyl (C=S) groups is 1. The van der Waals surface area contributed by atoms with Crippen LogP contribution in [-0.4, -0.2) is 22.5 Å². The molecule has 0 bridgehead atoms. The molecule has 1 aliphatic carbocycles. The van der Waals surface area contributed by atoms with Crippen LogP contribution >= 0.6 is 24.0 Å². The second-order valence-electron chi connectivity index (χ2n) is 5.00. The summed E-state index contributed by atoms with van der Waals surface area (Å²) < 4.78 is 13.5. The molecule has 1 aliphatic rings. The highest BCUT2D eigenvalue weighted by Crippen LogP contribution is 2.40. The van der Waals surface area contributed by atoms with Crippen molar-refractivity contribution in [2.45, 2.75) is 30.4 Å². The van der Waals surface area contributed by atoms with E-state index in [0.29, 0.717) is 10.3 Å². The molecule has 0 atom stereocenters. The molecule has 2 nitrogen and oxygen atoms in total. The van der Waals surface area contributed by atoms with Gasteiger partial charge in [0, 0.05) is 22.5 Å². The summed E-state index contributed by atoms with van der Waals surface area (Å²) >= 11 is 6.90. The minimum Gasteiger partial charge on any atom is -0.389 e. The summed E-state index contributed by atoms with van der Waals surface area (Å²) in [4.78, 5) is 0.228. The summed E-state index contributed by atoms with van der Waals surface area (Å²) in [5.41, 5.74) is 7.07. The highest BCUT2D eigenvalue weighted by Gasteiger charge is 2.32. The molecule has 3 N–H and O–H groups in total. The lowest BCUT2D eigenvalue weighted by molar-refractivity contribution is 0.626. The van der Waals surface area contributed by atoms with Crippen molar-refractivity contribution in [3.8, 4) is 0 Å². The highest BCUT2D eigenvalue weighted by molar-refractivity contribution is 8.00. The highest BCUT2D eigenvalue weighted by atomic mass is 32.2. The van der Waals surface area contributed by atoms with E-state index in [4.69, 9.17) is 18.0 Å². The molecular formula is C14H19FN2S2. The maximum Gasteiger partial charge on any atom is 0.124 e. The van der Waals surface area contributed by atoms with Crippen molar-refractivity contribution in [1.82, 2.24) is 0 Å². The molecule has 0 heterocycles. The molecule has 19 heavy (non-hydrogen) atoms. The van der Waals surface area contributed by atoms with Crippen molar-refractivity contribution in [2.24, 2.45) is 5.73 Å². The van der Waals surface area contributed by atoms with Gasteiger partial charge in [0.05, 0.1) is 0 Å². The molecule has 1 aromatic rings. The van der Waals surface area contributed by atoms with Crippen molar-refractivity contribution in [2.75, 3.05) is 18.1 Å². The molecular weight excluding hydrogens is 279 g/mol. The van der Waals surface area contributed by atoms with Crippen molar-refractivity contribution in [3.05, 3.63) is 29.6 Å². The van der Waals surface area contributed by atoms with Gasteiger partial charge in [-0.25, -0.2) is 4.39 Å². The van der Waals surface area contributed by atoms with Gasteiger partial charge >= 0.3 is 0 Å². The number of hydrogen-bond acceptors (Lipinski definition) is 3. The Kier molecular flexibility index (Phi) is 4.68. The Labute approximate surface area is 123 Å². The summed E-state index contributed by atoms with van der Waals surface area (Å²) in [6, 6.07) is 4.54. The van der Waals surface area contributed by atoms with Crippen LogP contribution in [0.3, 0.4) is 0 Å². The van der Waals surface area contributed by atoms with Gasteiger partial charge in [-0.05, 0) is 37.3 Å². The third kappa shape index (κ3) is 3.39. The van der Waals surface area contributed by atoms with Crippen LogP contribution in [0.1, 0.15) is 31.2 Å². The van der Waals surface area contributed by atoms with Gasteiger partial charge < -0.3 is 11.1 Å². The molecule has 1 aromatic carbocycles. The molecule has 0 radical (unpaired) electrons. The summed E-state index contributed by atoms with van der Waals surface area (Å²) in [7, 11) is 0. The number of rotatable bonds is 5. The zero-order chi connectivity index (χ0) is 13.9. The van der Waals surface area contributed by atoms with Gasteiger partial charge in [-0.1, -0.05) is 25.1 Å². The first-order valence-electron chi connectivity index (χ1n) is 6.45. The molecule has 0 spiro atoms. The van der Waals surface area contributed by atoms with E-state index in [-0.39, 0.29) is 10.8 Å². The van der Waals surface area contributed by atoms with Crippen molar-refractivity contribution >= 4 is 34.7 Å². The van der Waals surface area contributed by atoms with Gasteiger partial charge in [0.2, 0.25) is 0 Å². The number of nitrogens with one attached hydrogen (secondary N) is 1. The Morgan fingerprint density at radius 2 is 2.16 bits per heavy atom. The second-order valence-corrected chi connectivity index (χ2v) is 6.72. The molecule has 0 aromatic heterocycles. The summed E-state index contributed by atoms with van der Waals surface area (Å²) in [5.74, 6) is -0.311. The van der Waals surface area contributed by atoms with Crippen molar-refractivity contribution < 1.29 is 4.39 Å². The largest absolute Gasteiger partial charge is 0.389 e. The van der Waals surface area contributed by atoms with Crippen LogP contribution in [0.5, 0.6) is 0 Å². The van der Waals surface area contributed by atoms with E-state index in [0.717, 1.165) is 12.2 Å². The van der Waals surface area contributed by atoms with Gasteiger partial charge in [0.1, 0.15) is 10.8 Å². The monoisotopic (exact) mass is 298 g/mol. The lowest BCUT2D eigenvalue weighted by Crippen LogP contribution is -2.30. The van der Waals surface area contributed by atoms with E-state index < -0.39 is 0 Å². The predicted octanol–water partition coefficient (Wildman–Crippen LogP) is 3.55. The fourth-order valence-electron chi connectivity index (χ4n) is 2.60. The number of anilines is 1. The molecule has 0 aliphatic heterocycles. The van der Waals surface area contributed by atoms with E-state index in [2.05, 4.69) is 11.6 Å². The van der Waals surface area contributed by atoms with Gasteiger partial charge in [0.15, 0.2) is 0 Å². The third-order valence-corrected chi connectivity index (χ3v) is 5.43. The summed E-state index contributed by atoms with van der Waals surface area (Å²) in [6.45, 7) is 0.870. The van der Waals surface area contributed by atoms with Crippen LogP contribution in [0.15, 0.2) is 18.2 Å². The van der Waals surface area contributed by atoms with Crippen molar-refractivity contribution in [3.63, 3.8) is 0 Å². The van der Waals surface area contributed by atoms with Crippen LogP contribution < -0.4 is 11.1 Å². The fraction of sp³-hybridized carbons (Fsp3) is 0.500. The quantitative estimate of drug-likeness (QED) is 0.815. The Balaban J connectivity index is 2.13. The number of hydrogen-bond donors (Lipinski definition) is 2. The molecule has 1 fully saturated rings. The SMILES string of the molecule is CSC1(CNc2ccc(F)cc2C(N)=S)CCCC1. The van der Waals surface area contributed by atoms with Crippen LogP contribution in [0.4, 0.5) is 10.1 Å². The number of nitrogens with two attached hydrogens (primary N) is 1. The molecule has 0 amide bonds. The van der Waals surface area contributed by atoms with Crippen LogP contribution in [0, 0.1) is 5.82 Å². The Bertz CT molecular complexity index is 471. The Morgan fingerprint density at radius 1 is 1.47 bits per heavy atom. The fourth-order valence-corrected chi connectivity index (χ4v) is 3.69. The maximum atomic E-state index is 13.2. The molecule has 2 rings (SSSR count). The maximum absolute atomic E-state index is 13.2. The van der Waals surface area contributed by atoms with E-state index in [1.807, 2.05) is 11.8 Å². The van der Waals surface area contributed by atoms with Gasteiger partial charge in [-0.15, -0.1) is 0 Å². The first-order valence-corrected chi connectivity index (χ1v) is 8.08. The zero-order valence-electron chi connectivity index (χ0n) is 11.0. The van der Waals surface area contributed by atoms with Crippen LogP contribution in [-0.2, 0) is 0 Å². The first-order chi connectivity index (χ1) is 9.06. The molecule has 5 heteroatoms. The molecule has 0 saturated heterocycles. The zero-order valence-corrected chi connectivity index (χ0v) is 12.7. The van der Waals surface area contributed by atoms with E-state index >= 15 is 0 Å². The minimum atomic E-state index is -0.311. The smallest absolute Gasteiger partial charge is 0.124 e. The number of benzene rings is 1. The Hall–Kier alpha value is -0.810. The topological polar surface area (TPSA) is 38.0 Å². The van der Waals surface area contributed by atoms with Gasteiger partial charge in [-0.2, -0.15) is 11.8 Å². The lowest BCUT2D eigenvalue weighted by atomic mass is 10.1. The standard InChI is InChI=1S/C14H19FN2S2/c1-19-14(6-2-3-7-14)9-17-12-5-4-10(15)8-11(12)13(16)18/h4-5,8,17H,2-3,6-7,9H2,1H3,(H2,16,18). The summed E-state index contributed by atoms with van der Waals surface area (Å²) in [6.07, 6.45) is 7.18. The van der Waals surface area contributed by atoms with E-state index in [9.17, 15) is 4.39 Å². The molecule has 1 saturated carbocycles. The number of thioether (sulfide) groups is 1. The van der Waals surface area contributed by atoms with Gasteiger partial charge in [0.25, 0.3) is 0 Å². The van der Waals surface area contributed by atoms with Crippen LogP contribution in [0.25, 0.3) is 0 Å². The van der Waals surface area contributed by atoms with Crippen molar-refractivity contribution in [1.29, 1.82) is 0 Å². The average molecular weight is 298 g/mol. The number of halogens is 1. The van der Waals surface area contributed by atoms with Gasteiger partial charge in [-0.3, -0.25) is 0 Å². The average Bonchev–Trinajstić information content (AvgIpc) is 2.86. The lowest BCUT2D eigenvalue weighted by Gasteiger charge is -2.28. The van der Waals surface area contributed by atoms with E-state index in [1.165, 1.54) is 37.8 Å². The Morgan fingerprint density at radius 3 is 2.74 bits per heavy atom. The second kappa shape index (κ2) is 6.09.